The molecule has 2 amide bonds. The Balaban J connectivity index is 1.65. The van der Waals surface area contributed by atoms with E-state index in [9.17, 15) is 9.59 Å². The molecular formula is C21H29N5O3S. The lowest BCUT2D eigenvalue weighted by atomic mass is 10.1. The fraction of sp³-hybridized carbons (Fsp3) is 0.524. The van der Waals surface area contributed by atoms with Crippen LogP contribution in [-0.2, 0) is 27.3 Å². The lowest BCUT2D eigenvalue weighted by Gasteiger charge is -2.25. The highest BCUT2D eigenvalue weighted by Gasteiger charge is 2.23. The molecule has 2 aromatic rings. The first kappa shape index (κ1) is 22.3. The van der Waals surface area contributed by atoms with Gasteiger partial charge < -0.3 is 19.9 Å². The van der Waals surface area contributed by atoms with Crippen LogP contribution in [0.15, 0.2) is 35.5 Å². The number of rotatable bonds is 10. The highest BCUT2D eigenvalue weighted by Crippen LogP contribution is 2.24. The molecule has 2 heterocycles. The quantitative estimate of drug-likeness (QED) is 0.579. The summed E-state index contributed by atoms with van der Waals surface area (Å²) in [5.74, 6) is 0.599. The first-order valence-corrected chi connectivity index (χ1v) is 11.2. The smallest absolute Gasteiger partial charge is 0.233 e. The van der Waals surface area contributed by atoms with Crippen LogP contribution in [0.2, 0.25) is 0 Å². The standard InChI is InChI=1S/C21H29N5O3S/c1-15(16-7-4-3-5-8-16)25(2)20(28)14-30-21-24-23-19(11-10-18(22)27)26(21)13-17-9-6-12-29-17/h3-5,7-8,15,17H,6,9-14H2,1-2H3,(H2,22,27). The van der Waals surface area contributed by atoms with Gasteiger partial charge in [0.2, 0.25) is 11.8 Å². The van der Waals surface area contributed by atoms with Crippen molar-refractivity contribution in [2.24, 2.45) is 5.73 Å². The van der Waals surface area contributed by atoms with Crippen molar-refractivity contribution in [3.63, 3.8) is 0 Å². The maximum atomic E-state index is 12.8. The number of aromatic nitrogens is 3. The Labute approximate surface area is 181 Å². The molecule has 2 atom stereocenters. The van der Waals surface area contributed by atoms with Crippen LogP contribution >= 0.6 is 11.8 Å². The van der Waals surface area contributed by atoms with Gasteiger partial charge in [-0.25, -0.2) is 0 Å². The van der Waals surface area contributed by atoms with E-state index in [1.807, 2.05) is 48.9 Å². The van der Waals surface area contributed by atoms with E-state index >= 15 is 0 Å². The third-order valence-electron chi connectivity index (χ3n) is 5.38. The largest absolute Gasteiger partial charge is 0.376 e. The lowest BCUT2D eigenvalue weighted by molar-refractivity contribution is -0.129. The fourth-order valence-corrected chi connectivity index (χ4v) is 4.31. The first-order valence-electron chi connectivity index (χ1n) is 10.2. The van der Waals surface area contributed by atoms with Gasteiger partial charge in [0.1, 0.15) is 5.82 Å². The normalized spacial score (nSPS) is 17.1. The molecule has 1 saturated heterocycles. The van der Waals surface area contributed by atoms with Gasteiger partial charge in [-0.2, -0.15) is 0 Å². The minimum atomic E-state index is -0.373. The number of ether oxygens (including phenoxy) is 1. The molecule has 3 rings (SSSR count). The molecule has 0 saturated carbocycles. The minimum Gasteiger partial charge on any atom is -0.376 e. The van der Waals surface area contributed by atoms with E-state index < -0.39 is 0 Å². The van der Waals surface area contributed by atoms with Crippen molar-refractivity contribution in [3.8, 4) is 0 Å². The van der Waals surface area contributed by atoms with Crippen molar-refractivity contribution < 1.29 is 14.3 Å². The van der Waals surface area contributed by atoms with Gasteiger partial charge in [-0.05, 0) is 25.3 Å². The van der Waals surface area contributed by atoms with E-state index in [4.69, 9.17) is 10.5 Å². The number of aryl methyl sites for hydroxylation is 1. The Morgan fingerprint density at radius 1 is 1.33 bits per heavy atom. The van der Waals surface area contributed by atoms with Crippen LogP contribution in [0.5, 0.6) is 0 Å². The number of carbonyl (C=O) groups excluding carboxylic acids is 2. The molecule has 8 nitrogen and oxygen atoms in total. The van der Waals surface area contributed by atoms with Crippen molar-refractivity contribution in [2.75, 3.05) is 19.4 Å². The van der Waals surface area contributed by atoms with Gasteiger partial charge in [0.05, 0.1) is 24.4 Å². The Morgan fingerprint density at radius 2 is 2.10 bits per heavy atom. The van der Waals surface area contributed by atoms with E-state index in [0.29, 0.717) is 23.9 Å². The number of hydrogen-bond acceptors (Lipinski definition) is 6. The second-order valence-corrected chi connectivity index (χ2v) is 8.43. The minimum absolute atomic E-state index is 0.0155. The summed E-state index contributed by atoms with van der Waals surface area (Å²) >= 11 is 1.36. The maximum absolute atomic E-state index is 12.8. The second-order valence-electron chi connectivity index (χ2n) is 7.49. The third kappa shape index (κ3) is 5.82. The van der Waals surface area contributed by atoms with Crippen LogP contribution in [0.3, 0.4) is 0 Å². The van der Waals surface area contributed by atoms with Crippen molar-refractivity contribution in [3.05, 3.63) is 41.7 Å². The summed E-state index contributed by atoms with van der Waals surface area (Å²) in [6, 6.07) is 9.93. The number of benzene rings is 1. The average molecular weight is 432 g/mol. The van der Waals surface area contributed by atoms with Gasteiger partial charge in [0.15, 0.2) is 5.16 Å². The Kier molecular flexibility index (Phi) is 7.87. The molecule has 2 N–H and O–H groups in total. The monoisotopic (exact) mass is 431 g/mol. The van der Waals surface area contributed by atoms with Crippen molar-refractivity contribution in [1.29, 1.82) is 0 Å². The summed E-state index contributed by atoms with van der Waals surface area (Å²) < 4.78 is 7.72. The zero-order chi connectivity index (χ0) is 21.5. The summed E-state index contributed by atoms with van der Waals surface area (Å²) in [5, 5.41) is 9.17. The zero-order valence-electron chi connectivity index (χ0n) is 17.5. The Hall–Kier alpha value is -2.39. The SMILES string of the molecule is CC(c1ccccc1)N(C)C(=O)CSc1nnc(CCC(N)=O)n1CC1CCCO1. The number of nitrogens with zero attached hydrogens (tertiary/aromatic N) is 4. The van der Waals surface area contributed by atoms with Crippen LogP contribution in [0.4, 0.5) is 0 Å². The topological polar surface area (TPSA) is 103 Å². The van der Waals surface area contributed by atoms with Crippen molar-refractivity contribution in [2.45, 2.75) is 56.5 Å². The molecule has 9 heteroatoms. The molecule has 0 spiro atoms. The number of thioether (sulfide) groups is 1. The number of nitrogens with two attached hydrogens (primary N) is 1. The van der Waals surface area contributed by atoms with Gasteiger partial charge in [0.25, 0.3) is 0 Å². The van der Waals surface area contributed by atoms with Crippen molar-refractivity contribution >= 4 is 23.6 Å². The molecule has 0 radical (unpaired) electrons. The molecule has 1 aromatic carbocycles. The maximum Gasteiger partial charge on any atom is 0.233 e. The summed E-state index contributed by atoms with van der Waals surface area (Å²) in [7, 11) is 1.82. The zero-order valence-corrected chi connectivity index (χ0v) is 18.3. The van der Waals surface area contributed by atoms with Gasteiger partial charge in [-0.3, -0.25) is 9.59 Å². The number of primary amides is 1. The number of carbonyl (C=O) groups is 2. The van der Waals surface area contributed by atoms with E-state index in [2.05, 4.69) is 10.2 Å². The van der Waals surface area contributed by atoms with E-state index in [1.54, 1.807) is 4.90 Å². The summed E-state index contributed by atoms with van der Waals surface area (Å²) in [6.07, 6.45) is 2.75. The molecule has 1 aromatic heterocycles. The molecule has 30 heavy (non-hydrogen) atoms. The van der Waals surface area contributed by atoms with E-state index in [-0.39, 0.29) is 36.1 Å². The number of amides is 2. The number of hydrogen-bond donors (Lipinski definition) is 1. The fourth-order valence-electron chi connectivity index (χ4n) is 3.42. The van der Waals surface area contributed by atoms with E-state index in [1.165, 1.54) is 11.8 Å². The first-order chi connectivity index (χ1) is 14.5. The summed E-state index contributed by atoms with van der Waals surface area (Å²) in [4.78, 5) is 25.7. The lowest BCUT2D eigenvalue weighted by Crippen LogP contribution is -2.31. The molecule has 1 fully saturated rings. The Bertz CT molecular complexity index is 852. The second kappa shape index (κ2) is 10.6. The molecule has 162 valence electrons. The Morgan fingerprint density at radius 3 is 2.77 bits per heavy atom. The summed E-state index contributed by atoms with van der Waals surface area (Å²) in [5.41, 5.74) is 6.38. The highest BCUT2D eigenvalue weighted by molar-refractivity contribution is 7.99. The predicted octanol–water partition coefficient (Wildman–Crippen LogP) is 2.19. The molecule has 0 aliphatic carbocycles. The van der Waals surface area contributed by atoms with Crippen molar-refractivity contribution in [1.82, 2.24) is 19.7 Å². The van der Waals surface area contributed by atoms with Crippen LogP contribution in [0, 0.1) is 0 Å². The molecule has 1 aliphatic heterocycles. The van der Waals surface area contributed by atoms with Gasteiger partial charge >= 0.3 is 0 Å². The summed E-state index contributed by atoms with van der Waals surface area (Å²) in [6.45, 7) is 3.39. The van der Waals surface area contributed by atoms with Crippen LogP contribution in [-0.4, -0.2) is 57.0 Å². The highest BCUT2D eigenvalue weighted by atomic mass is 32.2. The average Bonchev–Trinajstić information content (AvgIpc) is 3.40. The van der Waals surface area contributed by atoms with Gasteiger partial charge in [-0.1, -0.05) is 42.1 Å². The van der Waals surface area contributed by atoms with Crippen LogP contribution in [0.25, 0.3) is 0 Å². The van der Waals surface area contributed by atoms with Crippen LogP contribution in [0.1, 0.15) is 43.6 Å². The van der Waals surface area contributed by atoms with Gasteiger partial charge in [0, 0.05) is 26.5 Å². The molecule has 2 unspecified atom stereocenters. The van der Waals surface area contributed by atoms with Crippen LogP contribution < -0.4 is 5.73 Å². The van der Waals surface area contributed by atoms with Gasteiger partial charge in [-0.15, -0.1) is 10.2 Å². The predicted molar refractivity (Wildman–Crippen MR) is 115 cm³/mol. The van der Waals surface area contributed by atoms with E-state index in [0.717, 1.165) is 25.0 Å². The molecule has 0 bridgehead atoms. The molecule has 1 aliphatic rings. The third-order valence-corrected chi connectivity index (χ3v) is 6.33. The molecular weight excluding hydrogens is 402 g/mol.